The lowest BCUT2D eigenvalue weighted by Gasteiger charge is -2.18. The van der Waals surface area contributed by atoms with Gasteiger partial charge in [-0.15, -0.1) is 0 Å². The molecule has 0 aromatic heterocycles. The summed E-state index contributed by atoms with van der Waals surface area (Å²) < 4.78 is 14.9. The largest absolute Gasteiger partial charge is 0.508 e. The van der Waals surface area contributed by atoms with E-state index in [0.29, 0.717) is 13.2 Å². The topological polar surface area (TPSA) is 44.8 Å². The Morgan fingerprint density at radius 2 is 2.64 bits per heavy atom. The van der Waals surface area contributed by atoms with Gasteiger partial charge in [-0.2, -0.15) is 0 Å². The molecular weight excluding hydrogens is 184 g/mol. The molecule has 0 amide bonds. The molecule has 0 fully saturated rings. The normalized spacial score (nSPS) is 21.6. The highest BCUT2D eigenvalue weighted by Crippen LogP contribution is 2.12. The summed E-state index contributed by atoms with van der Waals surface area (Å²) in [5, 5.41) is 0. The standard InChI is InChI=1S/C10H14O4/c1-3-8(9-6-5-7-13-9)14-10(11)12-4-2/h3,5-6,8-9H,1,4,7H2,2H3/t8-,9-/m1/s1. The minimum atomic E-state index is -0.693. The van der Waals surface area contributed by atoms with Gasteiger partial charge in [0.15, 0.2) is 6.10 Å². The molecule has 0 saturated carbocycles. The number of hydrogen-bond donors (Lipinski definition) is 0. The van der Waals surface area contributed by atoms with Crippen LogP contribution in [-0.2, 0) is 14.2 Å². The summed E-state index contributed by atoms with van der Waals surface area (Å²) in [6, 6.07) is 0. The van der Waals surface area contributed by atoms with Crippen LogP contribution in [0.4, 0.5) is 4.79 Å². The minimum absolute atomic E-state index is 0.239. The molecule has 0 bridgehead atoms. The van der Waals surface area contributed by atoms with Crippen LogP contribution in [0.1, 0.15) is 6.92 Å². The second kappa shape index (κ2) is 5.44. The maximum atomic E-state index is 11.0. The van der Waals surface area contributed by atoms with E-state index in [2.05, 4.69) is 11.3 Å². The van der Waals surface area contributed by atoms with Crippen LogP contribution in [0, 0.1) is 0 Å². The molecule has 0 aromatic rings. The van der Waals surface area contributed by atoms with E-state index in [1.807, 2.05) is 12.2 Å². The molecule has 4 heteroatoms. The highest BCUT2D eigenvalue weighted by atomic mass is 16.7. The molecule has 0 N–H and O–H groups in total. The van der Waals surface area contributed by atoms with Crippen LogP contribution in [0.15, 0.2) is 24.8 Å². The molecule has 1 aliphatic heterocycles. The third-order valence-corrected chi connectivity index (χ3v) is 1.76. The van der Waals surface area contributed by atoms with Crippen LogP contribution >= 0.6 is 0 Å². The Morgan fingerprint density at radius 3 is 3.14 bits per heavy atom. The Bertz CT molecular complexity index is 234. The third kappa shape index (κ3) is 2.88. The highest BCUT2D eigenvalue weighted by Gasteiger charge is 2.23. The van der Waals surface area contributed by atoms with Gasteiger partial charge in [0.25, 0.3) is 0 Å². The smallest absolute Gasteiger partial charge is 0.435 e. The van der Waals surface area contributed by atoms with Crippen LogP contribution < -0.4 is 0 Å². The molecule has 0 aromatic carbocycles. The maximum absolute atomic E-state index is 11.0. The fourth-order valence-electron chi connectivity index (χ4n) is 1.13. The zero-order valence-corrected chi connectivity index (χ0v) is 8.14. The molecule has 0 radical (unpaired) electrons. The van der Waals surface area contributed by atoms with Gasteiger partial charge in [-0.05, 0) is 13.0 Å². The number of hydrogen-bond acceptors (Lipinski definition) is 4. The molecule has 0 aliphatic carbocycles. The Morgan fingerprint density at radius 1 is 1.86 bits per heavy atom. The van der Waals surface area contributed by atoms with E-state index in [1.165, 1.54) is 6.08 Å². The predicted octanol–water partition coefficient (Wildman–Crippen LogP) is 1.67. The van der Waals surface area contributed by atoms with Crippen LogP contribution in [0.2, 0.25) is 0 Å². The molecule has 1 rings (SSSR count). The second-order valence-electron chi connectivity index (χ2n) is 2.73. The molecule has 78 valence electrons. The Hall–Kier alpha value is -1.29. The molecular formula is C10H14O4. The molecule has 4 nitrogen and oxygen atoms in total. The lowest BCUT2D eigenvalue weighted by Crippen LogP contribution is -2.28. The first kappa shape index (κ1) is 10.8. The van der Waals surface area contributed by atoms with Gasteiger partial charge in [0.1, 0.15) is 6.10 Å². The Labute approximate surface area is 83.1 Å². The van der Waals surface area contributed by atoms with Gasteiger partial charge in [0, 0.05) is 0 Å². The Kier molecular flexibility index (Phi) is 4.19. The van der Waals surface area contributed by atoms with Gasteiger partial charge in [0.2, 0.25) is 0 Å². The van der Waals surface area contributed by atoms with Gasteiger partial charge < -0.3 is 14.2 Å². The number of rotatable bonds is 4. The minimum Gasteiger partial charge on any atom is -0.435 e. The highest BCUT2D eigenvalue weighted by molar-refractivity contribution is 5.60. The SMILES string of the molecule is C=C[C@@H](OC(=O)OCC)[C@H]1C=CCO1. The van der Waals surface area contributed by atoms with Crippen LogP contribution in [-0.4, -0.2) is 31.6 Å². The van der Waals surface area contributed by atoms with Crippen molar-refractivity contribution in [3.63, 3.8) is 0 Å². The first-order valence-electron chi connectivity index (χ1n) is 4.52. The summed E-state index contributed by atoms with van der Waals surface area (Å²) in [6.07, 6.45) is 3.82. The molecule has 14 heavy (non-hydrogen) atoms. The van der Waals surface area contributed by atoms with E-state index in [-0.39, 0.29) is 6.10 Å². The summed E-state index contributed by atoms with van der Waals surface area (Å²) in [4.78, 5) is 11.0. The quantitative estimate of drug-likeness (QED) is 0.509. The summed E-state index contributed by atoms with van der Waals surface area (Å²) in [5.41, 5.74) is 0. The maximum Gasteiger partial charge on any atom is 0.508 e. The fraction of sp³-hybridized carbons (Fsp3) is 0.500. The second-order valence-corrected chi connectivity index (χ2v) is 2.73. The van der Waals surface area contributed by atoms with E-state index >= 15 is 0 Å². The van der Waals surface area contributed by atoms with Crippen molar-refractivity contribution in [3.05, 3.63) is 24.8 Å². The van der Waals surface area contributed by atoms with Crippen molar-refractivity contribution in [2.45, 2.75) is 19.1 Å². The summed E-state index contributed by atoms with van der Waals surface area (Å²) in [7, 11) is 0. The monoisotopic (exact) mass is 198 g/mol. The lowest BCUT2D eigenvalue weighted by molar-refractivity contribution is -0.0112. The van der Waals surface area contributed by atoms with E-state index in [1.54, 1.807) is 6.92 Å². The average Bonchev–Trinajstić information content (AvgIpc) is 2.67. The van der Waals surface area contributed by atoms with Crippen LogP contribution in [0.25, 0.3) is 0 Å². The molecule has 1 aliphatic rings. The third-order valence-electron chi connectivity index (χ3n) is 1.76. The van der Waals surface area contributed by atoms with Crippen molar-refractivity contribution < 1.29 is 19.0 Å². The van der Waals surface area contributed by atoms with Crippen molar-refractivity contribution in [2.24, 2.45) is 0 Å². The summed E-state index contributed by atoms with van der Waals surface area (Å²) in [5.74, 6) is 0. The molecule has 1 heterocycles. The van der Waals surface area contributed by atoms with Gasteiger partial charge in [-0.1, -0.05) is 18.7 Å². The van der Waals surface area contributed by atoms with E-state index in [9.17, 15) is 4.79 Å². The number of carbonyl (C=O) groups excluding carboxylic acids is 1. The first-order chi connectivity index (χ1) is 6.77. The van der Waals surface area contributed by atoms with Gasteiger partial charge >= 0.3 is 6.16 Å². The van der Waals surface area contributed by atoms with E-state index in [4.69, 9.17) is 9.47 Å². The van der Waals surface area contributed by atoms with Gasteiger partial charge in [-0.3, -0.25) is 0 Å². The van der Waals surface area contributed by atoms with Crippen LogP contribution in [0.5, 0.6) is 0 Å². The zero-order chi connectivity index (χ0) is 10.4. The number of carbonyl (C=O) groups is 1. The Balaban J connectivity index is 2.41. The van der Waals surface area contributed by atoms with Crippen LogP contribution in [0.3, 0.4) is 0 Å². The van der Waals surface area contributed by atoms with Crippen molar-refractivity contribution in [2.75, 3.05) is 13.2 Å². The van der Waals surface area contributed by atoms with Crippen molar-refractivity contribution >= 4 is 6.16 Å². The van der Waals surface area contributed by atoms with E-state index in [0.717, 1.165) is 0 Å². The molecule has 0 unspecified atom stereocenters. The lowest BCUT2D eigenvalue weighted by atomic mass is 10.2. The molecule has 0 saturated heterocycles. The van der Waals surface area contributed by atoms with Crippen molar-refractivity contribution in [1.29, 1.82) is 0 Å². The predicted molar refractivity (Wildman–Crippen MR) is 51.0 cm³/mol. The van der Waals surface area contributed by atoms with Crippen molar-refractivity contribution in [1.82, 2.24) is 0 Å². The van der Waals surface area contributed by atoms with E-state index < -0.39 is 12.3 Å². The fourth-order valence-corrected chi connectivity index (χ4v) is 1.13. The first-order valence-corrected chi connectivity index (χ1v) is 4.52. The average molecular weight is 198 g/mol. The number of ether oxygens (including phenoxy) is 3. The van der Waals surface area contributed by atoms with Gasteiger partial charge in [0.05, 0.1) is 13.2 Å². The zero-order valence-electron chi connectivity index (χ0n) is 8.14. The molecule has 2 atom stereocenters. The van der Waals surface area contributed by atoms with Gasteiger partial charge in [-0.25, -0.2) is 4.79 Å². The molecule has 0 spiro atoms. The summed E-state index contributed by atoms with van der Waals surface area (Å²) in [6.45, 7) is 6.13. The summed E-state index contributed by atoms with van der Waals surface area (Å²) >= 11 is 0. The van der Waals surface area contributed by atoms with Crippen molar-refractivity contribution in [3.8, 4) is 0 Å².